The topological polar surface area (TPSA) is 24.3 Å². The lowest BCUT2D eigenvalue weighted by molar-refractivity contribution is 0.653. The number of halogens is 2. The average molecular weight is 510 g/mol. The van der Waals surface area contributed by atoms with Crippen molar-refractivity contribution in [3.63, 3.8) is 0 Å². The van der Waals surface area contributed by atoms with E-state index in [0.29, 0.717) is 10.0 Å². The van der Waals surface area contributed by atoms with Crippen molar-refractivity contribution in [2.45, 2.75) is 16.7 Å². The zero-order chi connectivity index (χ0) is 23.3. The summed E-state index contributed by atoms with van der Waals surface area (Å²) in [5.74, 6) is 0. The Hall–Kier alpha value is -2.60. The second-order valence-electron chi connectivity index (χ2n) is 8.34. The van der Waals surface area contributed by atoms with E-state index in [1.54, 1.807) is 6.20 Å². The Kier molecular flexibility index (Phi) is 7.33. The number of benzene rings is 3. The van der Waals surface area contributed by atoms with Crippen molar-refractivity contribution in [2.75, 3.05) is 36.0 Å². The van der Waals surface area contributed by atoms with Gasteiger partial charge in [-0.2, -0.15) is 0 Å². The fraction of sp³-hybridized carbons (Fsp3) is 0.222. The molecule has 1 saturated heterocycles. The van der Waals surface area contributed by atoms with Gasteiger partial charge in [0.05, 0.1) is 11.6 Å². The number of anilines is 2. The predicted octanol–water partition coefficient (Wildman–Crippen LogP) is 7.05. The molecule has 4 nitrogen and oxygen atoms in total. The lowest BCUT2D eigenvalue weighted by Gasteiger charge is -2.37. The van der Waals surface area contributed by atoms with Gasteiger partial charge in [0.15, 0.2) is 0 Å². The number of thioether (sulfide) groups is 1. The SMILES string of the molecule is Clc1ccc(C(Cn2ccnc2)Sc2ccc(N3CCN(c4ccccc4)CC3)cc2)c(Cl)c1. The van der Waals surface area contributed by atoms with Gasteiger partial charge in [-0.1, -0.05) is 47.5 Å². The number of piperazine rings is 1. The normalized spacial score (nSPS) is 14.9. The Bertz CT molecular complexity index is 1190. The van der Waals surface area contributed by atoms with Gasteiger partial charge in [0.1, 0.15) is 0 Å². The van der Waals surface area contributed by atoms with Crippen LogP contribution in [0.25, 0.3) is 0 Å². The summed E-state index contributed by atoms with van der Waals surface area (Å²) < 4.78 is 2.09. The van der Waals surface area contributed by atoms with Crippen LogP contribution in [-0.4, -0.2) is 35.7 Å². The number of aromatic nitrogens is 2. The smallest absolute Gasteiger partial charge is 0.0946 e. The highest BCUT2D eigenvalue weighted by atomic mass is 35.5. The standard InChI is InChI=1S/C27H26Cl2N4S/c28-21-6-11-25(26(29)18-21)27(19-31-13-12-30-20-31)34-24-9-7-23(8-10-24)33-16-14-32(15-17-33)22-4-2-1-3-5-22/h1-13,18,20,27H,14-17,19H2. The highest BCUT2D eigenvalue weighted by Crippen LogP contribution is 2.40. The Morgan fingerprint density at radius 3 is 2.12 bits per heavy atom. The molecule has 1 unspecified atom stereocenters. The molecular formula is C27H26Cl2N4S. The van der Waals surface area contributed by atoms with Gasteiger partial charge in [-0.25, -0.2) is 4.98 Å². The van der Waals surface area contributed by atoms with Gasteiger partial charge in [0.2, 0.25) is 0 Å². The van der Waals surface area contributed by atoms with Gasteiger partial charge in [-0.05, 0) is 54.1 Å². The van der Waals surface area contributed by atoms with E-state index >= 15 is 0 Å². The van der Waals surface area contributed by atoms with Crippen LogP contribution in [0.1, 0.15) is 10.8 Å². The number of rotatable bonds is 7. The van der Waals surface area contributed by atoms with Crippen LogP contribution in [0.4, 0.5) is 11.4 Å². The van der Waals surface area contributed by atoms with Crippen molar-refractivity contribution in [3.05, 3.63) is 107 Å². The summed E-state index contributed by atoms with van der Waals surface area (Å²) in [7, 11) is 0. The number of hydrogen-bond donors (Lipinski definition) is 0. The molecule has 1 aromatic heterocycles. The Morgan fingerprint density at radius 2 is 1.50 bits per heavy atom. The monoisotopic (exact) mass is 508 g/mol. The van der Waals surface area contributed by atoms with Crippen LogP contribution in [-0.2, 0) is 6.54 Å². The lowest BCUT2D eigenvalue weighted by Crippen LogP contribution is -2.46. The summed E-state index contributed by atoms with van der Waals surface area (Å²) in [5.41, 5.74) is 3.65. The van der Waals surface area contributed by atoms with Crippen LogP contribution in [0.3, 0.4) is 0 Å². The van der Waals surface area contributed by atoms with Gasteiger partial charge in [-0.3, -0.25) is 0 Å². The number of hydrogen-bond acceptors (Lipinski definition) is 4. The van der Waals surface area contributed by atoms with E-state index in [0.717, 1.165) is 38.3 Å². The number of imidazole rings is 1. The largest absolute Gasteiger partial charge is 0.368 e. The van der Waals surface area contributed by atoms with Crippen molar-refractivity contribution in [2.24, 2.45) is 0 Å². The van der Waals surface area contributed by atoms with E-state index in [4.69, 9.17) is 23.2 Å². The molecule has 0 N–H and O–H groups in total. The van der Waals surface area contributed by atoms with E-state index < -0.39 is 0 Å². The van der Waals surface area contributed by atoms with Crippen LogP contribution in [0.2, 0.25) is 10.0 Å². The van der Waals surface area contributed by atoms with E-state index in [1.807, 2.05) is 42.5 Å². The molecule has 0 bridgehead atoms. The first-order valence-corrected chi connectivity index (χ1v) is 13.0. The van der Waals surface area contributed by atoms with E-state index in [9.17, 15) is 0 Å². The molecule has 1 fully saturated rings. The quantitative estimate of drug-likeness (QED) is 0.249. The van der Waals surface area contributed by atoms with Gasteiger partial charge in [0.25, 0.3) is 0 Å². The third kappa shape index (κ3) is 5.54. The molecular weight excluding hydrogens is 483 g/mol. The first-order valence-electron chi connectivity index (χ1n) is 11.4. The average Bonchev–Trinajstić information content (AvgIpc) is 3.38. The molecule has 4 aromatic rings. The van der Waals surface area contributed by atoms with Crippen LogP contribution in [0.15, 0.2) is 96.4 Å². The zero-order valence-electron chi connectivity index (χ0n) is 18.7. The minimum atomic E-state index is 0.138. The molecule has 0 radical (unpaired) electrons. The van der Waals surface area contributed by atoms with Crippen LogP contribution >= 0.6 is 35.0 Å². The molecule has 7 heteroatoms. The first-order chi connectivity index (χ1) is 16.7. The van der Waals surface area contributed by atoms with E-state index in [1.165, 1.54) is 16.3 Å². The van der Waals surface area contributed by atoms with Gasteiger partial charge in [0, 0.05) is 71.4 Å². The summed E-state index contributed by atoms with van der Waals surface area (Å²) >= 11 is 14.5. The lowest BCUT2D eigenvalue weighted by atomic mass is 10.1. The maximum Gasteiger partial charge on any atom is 0.0946 e. The highest BCUT2D eigenvalue weighted by Gasteiger charge is 2.20. The summed E-state index contributed by atoms with van der Waals surface area (Å²) in [6.45, 7) is 4.87. The molecule has 0 amide bonds. The Morgan fingerprint density at radius 1 is 0.824 bits per heavy atom. The molecule has 1 aliphatic heterocycles. The molecule has 1 aliphatic rings. The third-order valence-electron chi connectivity index (χ3n) is 6.13. The summed E-state index contributed by atoms with van der Waals surface area (Å²) in [6, 6.07) is 25.3. The Labute approximate surface area is 215 Å². The van der Waals surface area contributed by atoms with Gasteiger partial charge < -0.3 is 14.4 Å². The highest BCUT2D eigenvalue weighted by molar-refractivity contribution is 7.99. The van der Waals surface area contributed by atoms with Crippen molar-refractivity contribution in [1.29, 1.82) is 0 Å². The summed E-state index contributed by atoms with van der Waals surface area (Å²) in [6.07, 6.45) is 5.63. The van der Waals surface area contributed by atoms with Crippen molar-refractivity contribution < 1.29 is 0 Å². The minimum absolute atomic E-state index is 0.138. The van der Waals surface area contributed by atoms with Crippen LogP contribution < -0.4 is 9.80 Å². The molecule has 3 aromatic carbocycles. The molecule has 34 heavy (non-hydrogen) atoms. The molecule has 0 aliphatic carbocycles. The maximum absolute atomic E-state index is 6.58. The second-order valence-corrected chi connectivity index (χ2v) is 10.5. The Balaban J connectivity index is 1.27. The number of para-hydroxylation sites is 1. The number of nitrogens with zero attached hydrogens (tertiary/aromatic N) is 4. The first kappa shape index (κ1) is 23.2. The molecule has 5 rings (SSSR count). The predicted molar refractivity (Wildman–Crippen MR) is 145 cm³/mol. The van der Waals surface area contributed by atoms with Crippen molar-refractivity contribution in [1.82, 2.24) is 9.55 Å². The molecule has 0 spiro atoms. The van der Waals surface area contributed by atoms with Gasteiger partial charge in [-0.15, -0.1) is 11.8 Å². The fourth-order valence-electron chi connectivity index (χ4n) is 4.31. The minimum Gasteiger partial charge on any atom is -0.368 e. The van der Waals surface area contributed by atoms with E-state index in [2.05, 4.69) is 73.9 Å². The van der Waals surface area contributed by atoms with Crippen molar-refractivity contribution in [3.8, 4) is 0 Å². The zero-order valence-corrected chi connectivity index (χ0v) is 21.1. The van der Waals surface area contributed by atoms with E-state index in [-0.39, 0.29) is 5.25 Å². The summed E-state index contributed by atoms with van der Waals surface area (Å²) in [4.78, 5) is 10.3. The second kappa shape index (κ2) is 10.8. The summed E-state index contributed by atoms with van der Waals surface area (Å²) in [5, 5.41) is 1.48. The molecule has 0 saturated carbocycles. The molecule has 2 heterocycles. The molecule has 174 valence electrons. The third-order valence-corrected chi connectivity index (χ3v) is 7.92. The maximum atomic E-state index is 6.58. The fourth-order valence-corrected chi connectivity index (χ4v) is 6.12. The van der Waals surface area contributed by atoms with Crippen LogP contribution in [0, 0.1) is 0 Å². The van der Waals surface area contributed by atoms with Crippen LogP contribution in [0.5, 0.6) is 0 Å². The van der Waals surface area contributed by atoms with Crippen molar-refractivity contribution >= 4 is 46.3 Å². The molecule has 1 atom stereocenters. The van der Waals surface area contributed by atoms with Gasteiger partial charge >= 0.3 is 0 Å².